The predicted octanol–water partition coefficient (Wildman–Crippen LogP) is 4.56. The molecular formula is C16H26O. The van der Waals surface area contributed by atoms with Gasteiger partial charge in [-0.1, -0.05) is 40.0 Å². The molecular weight excluding hydrogens is 208 g/mol. The molecule has 0 aliphatic rings. The first kappa shape index (κ1) is 14.1. The zero-order valence-electron chi connectivity index (χ0n) is 11.8. The van der Waals surface area contributed by atoms with Crippen molar-refractivity contribution in [2.75, 3.05) is 0 Å². The number of aryl methyl sites for hydroxylation is 1. The van der Waals surface area contributed by atoms with E-state index in [-0.39, 0.29) is 0 Å². The molecule has 0 heterocycles. The Kier molecular flexibility index (Phi) is 5.54. The minimum Gasteiger partial charge on any atom is -0.508 e. The van der Waals surface area contributed by atoms with Crippen LogP contribution < -0.4 is 0 Å². The van der Waals surface area contributed by atoms with Gasteiger partial charge in [-0.3, -0.25) is 0 Å². The zero-order chi connectivity index (χ0) is 12.8. The average Bonchev–Trinajstić information content (AvgIpc) is 2.30. The Morgan fingerprint density at radius 3 is 1.94 bits per heavy atom. The first-order chi connectivity index (χ1) is 8.15. The van der Waals surface area contributed by atoms with Crippen LogP contribution in [0.25, 0.3) is 0 Å². The van der Waals surface area contributed by atoms with E-state index in [0.29, 0.717) is 5.75 Å². The van der Waals surface area contributed by atoms with Crippen LogP contribution in [-0.2, 0) is 19.3 Å². The molecule has 17 heavy (non-hydrogen) atoms. The van der Waals surface area contributed by atoms with Gasteiger partial charge < -0.3 is 5.11 Å². The van der Waals surface area contributed by atoms with Crippen LogP contribution in [-0.4, -0.2) is 5.11 Å². The Hall–Kier alpha value is -0.980. The molecule has 1 nitrogen and oxygen atoms in total. The highest BCUT2D eigenvalue weighted by Gasteiger charge is 2.13. The number of hydrogen-bond donors (Lipinski definition) is 1. The quantitative estimate of drug-likeness (QED) is 0.765. The third-order valence-electron chi connectivity index (χ3n) is 3.42. The average molecular weight is 234 g/mol. The molecule has 0 unspecified atom stereocenters. The summed E-state index contributed by atoms with van der Waals surface area (Å²) in [6.07, 6.45) is 6.78. The lowest BCUT2D eigenvalue weighted by Gasteiger charge is -2.18. The van der Waals surface area contributed by atoms with Gasteiger partial charge in [0.15, 0.2) is 0 Å². The van der Waals surface area contributed by atoms with Crippen molar-refractivity contribution in [3.8, 4) is 5.75 Å². The first-order valence-corrected chi connectivity index (χ1v) is 6.98. The normalized spacial score (nSPS) is 10.8. The van der Waals surface area contributed by atoms with E-state index < -0.39 is 0 Å². The standard InChI is InChI=1S/C16H26O/c1-5-8-13-11-16(17)12(4)14(9-6-2)15(13)10-7-3/h11,17H,5-10H2,1-4H3. The van der Waals surface area contributed by atoms with E-state index in [4.69, 9.17) is 0 Å². The van der Waals surface area contributed by atoms with Crippen molar-refractivity contribution in [3.05, 3.63) is 28.3 Å². The fourth-order valence-corrected chi connectivity index (χ4v) is 2.58. The molecule has 0 amide bonds. The Labute approximate surface area is 106 Å². The highest BCUT2D eigenvalue weighted by molar-refractivity contribution is 5.48. The van der Waals surface area contributed by atoms with Gasteiger partial charge in [0.2, 0.25) is 0 Å². The van der Waals surface area contributed by atoms with Crippen LogP contribution in [0.4, 0.5) is 0 Å². The second-order valence-corrected chi connectivity index (χ2v) is 4.89. The van der Waals surface area contributed by atoms with Gasteiger partial charge in [0.25, 0.3) is 0 Å². The molecule has 0 aliphatic carbocycles. The largest absolute Gasteiger partial charge is 0.508 e. The van der Waals surface area contributed by atoms with Crippen molar-refractivity contribution >= 4 is 0 Å². The smallest absolute Gasteiger partial charge is 0.119 e. The fraction of sp³-hybridized carbons (Fsp3) is 0.625. The molecule has 1 heteroatoms. The molecule has 0 fully saturated rings. The van der Waals surface area contributed by atoms with Crippen molar-refractivity contribution in [2.45, 2.75) is 66.2 Å². The van der Waals surface area contributed by atoms with E-state index in [1.165, 1.54) is 23.1 Å². The number of hydrogen-bond acceptors (Lipinski definition) is 1. The lowest BCUT2D eigenvalue weighted by atomic mass is 9.88. The Balaban J connectivity index is 3.29. The van der Waals surface area contributed by atoms with Crippen LogP contribution >= 0.6 is 0 Å². The predicted molar refractivity (Wildman–Crippen MR) is 74.8 cm³/mol. The van der Waals surface area contributed by atoms with E-state index in [2.05, 4.69) is 27.7 Å². The number of phenols is 1. The van der Waals surface area contributed by atoms with E-state index in [0.717, 1.165) is 37.7 Å². The summed E-state index contributed by atoms with van der Waals surface area (Å²) in [6.45, 7) is 8.69. The molecule has 0 saturated heterocycles. The molecule has 0 aromatic heterocycles. The Bertz CT molecular complexity index is 366. The SMILES string of the molecule is CCCc1cc(O)c(C)c(CCC)c1CCC. The van der Waals surface area contributed by atoms with Crippen LogP contribution in [0.2, 0.25) is 0 Å². The third-order valence-corrected chi connectivity index (χ3v) is 3.42. The van der Waals surface area contributed by atoms with Crippen molar-refractivity contribution in [1.29, 1.82) is 0 Å². The second-order valence-electron chi connectivity index (χ2n) is 4.89. The maximum atomic E-state index is 10.0. The van der Waals surface area contributed by atoms with Crippen molar-refractivity contribution in [3.63, 3.8) is 0 Å². The molecule has 96 valence electrons. The summed E-state index contributed by atoms with van der Waals surface area (Å²) in [7, 11) is 0. The molecule has 1 N–H and O–H groups in total. The fourth-order valence-electron chi connectivity index (χ4n) is 2.58. The van der Waals surface area contributed by atoms with Gasteiger partial charge in [-0.05, 0) is 54.5 Å². The Morgan fingerprint density at radius 2 is 1.41 bits per heavy atom. The van der Waals surface area contributed by atoms with Gasteiger partial charge in [0, 0.05) is 0 Å². The van der Waals surface area contributed by atoms with Gasteiger partial charge in [0.05, 0.1) is 0 Å². The number of aromatic hydroxyl groups is 1. The summed E-state index contributed by atoms with van der Waals surface area (Å²) < 4.78 is 0. The van der Waals surface area contributed by atoms with Crippen molar-refractivity contribution in [1.82, 2.24) is 0 Å². The number of benzene rings is 1. The number of phenolic OH excluding ortho intramolecular Hbond substituents is 1. The van der Waals surface area contributed by atoms with Gasteiger partial charge in [-0.2, -0.15) is 0 Å². The van der Waals surface area contributed by atoms with Crippen molar-refractivity contribution in [2.24, 2.45) is 0 Å². The minimum atomic E-state index is 0.483. The maximum Gasteiger partial charge on any atom is 0.119 e. The zero-order valence-corrected chi connectivity index (χ0v) is 11.8. The van der Waals surface area contributed by atoms with Gasteiger partial charge in [0.1, 0.15) is 5.75 Å². The van der Waals surface area contributed by atoms with Crippen LogP contribution in [0.5, 0.6) is 5.75 Å². The van der Waals surface area contributed by atoms with Gasteiger partial charge in [-0.25, -0.2) is 0 Å². The van der Waals surface area contributed by atoms with Crippen LogP contribution in [0.3, 0.4) is 0 Å². The summed E-state index contributed by atoms with van der Waals surface area (Å²) in [4.78, 5) is 0. The molecule has 0 saturated carbocycles. The molecule has 0 atom stereocenters. The minimum absolute atomic E-state index is 0.483. The van der Waals surface area contributed by atoms with Crippen LogP contribution in [0, 0.1) is 6.92 Å². The van der Waals surface area contributed by atoms with Crippen LogP contribution in [0.15, 0.2) is 6.07 Å². The van der Waals surface area contributed by atoms with Crippen molar-refractivity contribution < 1.29 is 5.11 Å². The molecule has 0 radical (unpaired) electrons. The number of rotatable bonds is 6. The lowest BCUT2D eigenvalue weighted by molar-refractivity contribution is 0.468. The van der Waals surface area contributed by atoms with E-state index in [1.807, 2.05) is 6.07 Å². The second kappa shape index (κ2) is 6.68. The van der Waals surface area contributed by atoms with Crippen LogP contribution in [0.1, 0.15) is 62.3 Å². The molecule has 1 aromatic rings. The van der Waals surface area contributed by atoms with E-state index >= 15 is 0 Å². The maximum absolute atomic E-state index is 10.0. The summed E-state index contributed by atoms with van der Waals surface area (Å²) in [6, 6.07) is 1.99. The topological polar surface area (TPSA) is 20.2 Å². The van der Waals surface area contributed by atoms with Gasteiger partial charge in [-0.15, -0.1) is 0 Å². The molecule has 1 rings (SSSR count). The molecule has 1 aromatic carbocycles. The third kappa shape index (κ3) is 3.24. The summed E-state index contributed by atoms with van der Waals surface area (Å²) in [5.41, 5.74) is 5.36. The highest BCUT2D eigenvalue weighted by atomic mass is 16.3. The first-order valence-electron chi connectivity index (χ1n) is 6.98. The Morgan fingerprint density at radius 1 is 0.882 bits per heavy atom. The van der Waals surface area contributed by atoms with E-state index in [9.17, 15) is 5.11 Å². The van der Waals surface area contributed by atoms with E-state index in [1.54, 1.807) is 0 Å². The lowest BCUT2D eigenvalue weighted by Crippen LogP contribution is -2.03. The van der Waals surface area contributed by atoms with Gasteiger partial charge >= 0.3 is 0 Å². The molecule has 0 bridgehead atoms. The summed E-state index contributed by atoms with van der Waals surface area (Å²) in [5.74, 6) is 0.483. The summed E-state index contributed by atoms with van der Waals surface area (Å²) >= 11 is 0. The molecule has 0 aliphatic heterocycles. The molecule has 0 spiro atoms. The monoisotopic (exact) mass is 234 g/mol. The summed E-state index contributed by atoms with van der Waals surface area (Å²) in [5, 5.41) is 10.0. The highest BCUT2D eigenvalue weighted by Crippen LogP contribution is 2.30.